The summed E-state index contributed by atoms with van der Waals surface area (Å²) in [5, 5.41) is 0.103. The van der Waals surface area contributed by atoms with Crippen LogP contribution in [0.25, 0.3) is 0 Å². The number of nitrogen functional groups attached to an aromatic ring is 1. The molecule has 0 aliphatic rings. The van der Waals surface area contributed by atoms with Gasteiger partial charge >= 0.3 is 6.61 Å². The third kappa shape index (κ3) is 4.92. The van der Waals surface area contributed by atoms with Gasteiger partial charge in [0.2, 0.25) is 11.7 Å². The molecule has 7 nitrogen and oxygen atoms in total. The number of hydrogen-bond acceptors (Lipinski definition) is 7. The van der Waals surface area contributed by atoms with Crippen LogP contribution in [0.4, 0.5) is 25.4 Å². The molecule has 1 unspecified atom stereocenters. The number of benzene rings is 2. The lowest BCUT2D eigenvalue weighted by atomic mass is 10.1. The van der Waals surface area contributed by atoms with Crippen molar-refractivity contribution in [3.63, 3.8) is 0 Å². The Hall–Kier alpha value is -3.24. The minimum atomic E-state index is -3.05. The summed E-state index contributed by atoms with van der Waals surface area (Å²) in [4.78, 5) is 30.6. The summed E-state index contributed by atoms with van der Waals surface area (Å²) in [6.45, 7) is -1.52. The number of ether oxygens (including phenoxy) is 1. The molecule has 0 fully saturated rings. The van der Waals surface area contributed by atoms with E-state index in [1.165, 1.54) is 30.0 Å². The fraction of sp³-hybridized carbons (Fsp3) is 0.150. The van der Waals surface area contributed by atoms with Crippen molar-refractivity contribution in [1.82, 2.24) is 4.98 Å². The number of anilines is 3. The maximum absolute atomic E-state index is 12.8. The minimum Gasteiger partial charge on any atom is -0.433 e. The summed E-state index contributed by atoms with van der Waals surface area (Å²) >= 11 is 7.03. The van der Waals surface area contributed by atoms with Crippen molar-refractivity contribution >= 4 is 51.3 Å². The van der Waals surface area contributed by atoms with Gasteiger partial charge in [0.25, 0.3) is 0 Å². The van der Waals surface area contributed by atoms with E-state index in [4.69, 9.17) is 23.1 Å². The molecule has 11 heteroatoms. The average Bonchev–Trinajstić information content (AvgIpc) is 3.10. The number of aromatic nitrogens is 1. The van der Waals surface area contributed by atoms with Gasteiger partial charge in [-0.05, 0) is 25.1 Å². The first kappa shape index (κ1) is 22.4. The summed E-state index contributed by atoms with van der Waals surface area (Å²) in [7, 11) is 0. The van der Waals surface area contributed by atoms with Gasteiger partial charge in [0.15, 0.2) is 5.13 Å². The van der Waals surface area contributed by atoms with Gasteiger partial charge in [0.1, 0.15) is 22.5 Å². The molecule has 0 saturated heterocycles. The predicted octanol–water partition coefficient (Wildman–Crippen LogP) is 4.22. The second kappa shape index (κ2) is 9.27. The highest BCUT2D eigenvalue weighted by atomic mass is 35.5. The van der Waals surface area contributed by atoms with Gasteiger partial charge in [-0.1, -0.05) is 53.3 Å². The third-order valence-electron chi connectivity index (χ3n) is 4.30. The number of thiazole rings is 1. The summed E-state index contributed by atoms with van der Waals surface area (Å²) in [5.41, 5.74) is 12.2. The molecule has 1 heterocycles. The molecule has 0 aliphatic heterocycles. The monoisotopic (exact) mass is 466 g/mol. The fourth-order valence-corrected chi connectivity index (χ4v) is 4.03. The van der Waals surface area contributed by atoms with Crippen LogP contribution in [0.1, 0.15) is 22.2 Å². The van der Waals surface area contributed by atoms with E-state index in [0.29, 0.717) is 11.3 Å². The number of nitrogens with zero attached hydrogens (tertiary/aromatic N) is 2. The fourth-order valence-electron chi connectivity index (χ4n) is 2.76. The molecule has 3 aromatic rings. The smallest absolute Gasteiger partial charge is 0.387 e. The van der Waals surface area contributed by atoms with Crippen molar-refractivity contribution in [2.45, 2.75) is 19.6 Å². The molecule has 1 amide bonds. The zero-order chi connectivity index (χ0) is 22.7. The maximum atomic E-state index is 12.8. The standard InChI is InChI=1S/C20H17ClF2N4O3S/c1-10(18(25)29)27(12-7-8-14(13(21)9-12)30-19(22)23)20-26-17(24)16(31-20)15(28)11-5-3-2-4-6-11/h2-10,19H,24H2,1H3,(H2,25,29). The van der Waals surface area contributed by atoms with Crippen molar-refractivity contribution in [2.75, 3.05) is 10.6 Å². The quantitative estimate of drug-likeness (QED) is 0.481. The number of amides is 1. The Bertz CT molecular complexity index is 1110. The maximum Gasteiger partial charge on any atom is 0.387 e. The summed E-state index contributed by atoms with van der Waals surface area (Å²) in [6.07, 6.45) is 0. The normalized spacial score (nSPS) is 11.9. The number of primary amides is 1. The Morgan fingerprint density at radius 3 is 2.45 bits per heavy atom. The van der Waals surface area contributed by atoms with E-state index in [2.05, 4.69) is 9.72 Å². The zero-order valence-electron chi connectivity index (χ0n) is 16.1. The number of nitrogens with two attached hydrogens (primary N) is 2. The van der Waals surface area contributed by atoms with E-state index in [1.807, 2.05) is 0 Å². The molecule has 1 atom stereocenters. The van der Waals surface area contributed by atoms with Crippen LogP contribution in [0.2, 0.25) is 5.02 Å². The predicted molar refractivity (Wildman–Crippen MR) is 115 cm³/mol. The number of hydrogen-bond donors (Lipinski definition) is 2. The molecular formula is C20H17ClF2N4O3S. The summed E-state index contributed by atoms with van der Waals surface area (Å²) in [5.74, 6) is -1.26. The van der Waals surface area contributed by atoms with Crippen LogP contribution in [0.3, 0.4) is 0 Å². The summed E-state index contributed by atoms with van der Waals surface area (Å²) in [6, 6.07) is 11.6. The molecule has 0 bridgehead atoms. The topological polar surface area (TPSA) is 112 Å². The van der Waals surface area contributed by atoms with Gasteiger partial charge in [-0.3, -0.25) is 9.59 Å². The van der Waals surface area contributed by atoms with Gasteiger partial charge in [0, 0.05) is 11.3 Å². The highest BCUT2D eigenvalue weighted by Crippen LogP contribution is 2.38. The van der Waals surface area contributed by atoms with Gasteiger partial charge in [-0.15, -0.1) is 0 Å². The lowest BCUT2D eigenvalue weighted by molar-refractivity contribution is -0.118. The average molecular weight is 467 g/mol. The van der Waals surface area contributed by atoms with Gasteiger partial charge in [-0.2, -0.15) is 8.78 Å². The Morgan fingerprint density at radius 2 is 1.87 bits per heavy atom. The van der Waals surface area contributed by atoms with Crippen molar-refractivity contribution in [1.29, 1.82) is 0 Å². The number of carbonyl (C=O) groups is 2. The highest BCUT2D eigenvalue weighted by Gasteiger charge is 2.28. The van der Waals surface area contributed by atoms with Crippen molar-refractivity contribution in [2.24, 2.45) is 5.73 Å². The molecule has 1 aromatic heterocycles. The molecule has 0 saturated carbocycles. The number of alkyl halides is 2. The second-order valence-corrected chi connectivity index (χ2v) is 7.73. The van der Waals surface area contributed by atoms with E-state index < -0.39 is 18.6 Å². The van der Waals surface area contributed by atoms with Gasteiger partial charge < -0.3 is 21.1 Å². The molecule has 4 N–H and O–H groups in total. The lowest BCUT2D eigenvalue weighted by Gasteiger charge is -2.27. The highest BCUT2D eigenvalue weighted by molar-refractivity contribution is 7.18. The van der Waals surface area contributed by atoms with E-state index in [9.17, 15) is 18.4 Å². The van der Waals surface area contributed by atoms with Crippen molar-refractivity contribution < 1.29 is 23.1 Å². The Kier molecular flexibility index (Phi) is 6.71. The number of halogens is 3. The van der Waals surface area contributed by atoms with Crippen LogP contribution in [-0.2, 0) is 4.79 Å². The molecule has 162 valence electrons. The lowest BCUT2D eigenvalue weighted by Crippen LogP contribution is -2.39. The van der Waals surface area contributed by atoms with Crippen molar-refractivity contribution in [3.8, 4) is 5.75 Å². The second-order valence-electron chi connectivity index (χ2n) is 6.35. The number of carbonyl (C=O) groups excluding carboxylic acids is 2. The third-order valence-corrected chi connectivity index (χ3v) is 5.66. The SMILES string of the molecule is CC(C(N)=O)N(c1ccc(OC(F)F)c(Cl)c1)c1nc(N)c(C(=O)c2ccccc2)s1. The van der Waals surface area contributed by atoms with Crippen molar-refractivity contribution in [3.05, 3.63) is 64.0 Å². The zero-order valence-corrected chi connectivity index (χ0v) is 17.7. The Labute approximate surface area is 185 Å². The molecule has 0 radical (unpaired) electrons. The molecular weight excluding hydrogens is 450 g/mol. The first-order valence-electron chi connectivity index (χ1n) is 8.88. The number of rotatable bonds is 8. The van der Waals surface area contributed by atoms with Crippen LogP contribution in [-0.4, -0.2) is 29.3 Å². The first-order chi connectivity index (χ1) is 14.7. The molecule has 31 heavy (non-hydrogen) atoms. The van der Waals surface area contributed by atoms with Gasteiger partial charge in [-0.25, -0.2) is 4.98 Å². The number of ketones is 1. The van der Waals surface area contributed by atoms with Crippen LogP contribution >= 0.6 is 22.9 Å². The van der Waals surface area contributed by atoms with E-state index in [0.717, 1.165) is 11.3 Å². The first-order valence-corrected chi connectivity index (χ1v) is 10.1. The Morgan fingerprint density at radius 1 is 1.19 bits per heavy atom. The van der Waals surface area contributed by atoms with E-state index in [1.54, 1.807) is 30.3 Å². The molecule has 3 rings (SSSR count). The van der Waals surface area contributed by atoms with E-state index >= 15 is 0 Å². The largest absolute Gasteiger partial charge is 0.433 e. The minimum absolute atomic E-state index is 0.0146. The van der Waals surface area contributed by atoms with Gasteiger partial charge in [0.05, 0.1) is 5.02 Å². The Balaban J connectivity index is 2.04. The van der Waals surface area contributed by atoms with Crippen LogP contribution < -0.4 is 21.1 Å². The van der Waals surface area contributed by atoms with E-state index in [-0.39, 0.29) is 32.4 Å². The van der Waals surface area contributed by atoms with Crippen LogP contribution in [0.15, 0.2) is 48.5 Å². The molecule has 0 aliphatic carbocycles. The summed E-state index contributed by atoms with van der Waals surface area (Å²) < 4.78 is 29.4. The van der Waals surface area contributed by atoms with Crippen LogP contribution in [0.5, 0.6) is 5.75 Å². The van der Waals surface area contributed by atoms with Crippen LogP contribution in [0, 0.1) is 0 Å². The molecule has 2 aromatic carbocycles. The molecule has 0 spiro atoms.